The van der Waals surface area contributed by atoms with Crippen LogP contribution in [0.3, 0.4) is 0 Å². The van der Waals surface area contributed by atoms with E-state index in [1.807, 2.05) is 24.3 Å². The van der Waals surface area contributed by atoms with E-state index in [0.717, 1.165) is 16.2 Å². The highest BCUT2D eigenvalue weighted by molar-refractivity contribution is 6.05. The fourth-order valence-electron chi connectivity index (χ4n) is 3.68. The van der Waals surface area contributed by atoms with Crippen LogP contribution in [-0.2, 0) is 30.5 Å². The maximum absolute atomic E-state index is 12.4. The lowest BCUT2D eigenvalue weighted by atomic mass is 9.85. The molecule has 0 aromatic heterocycles. The molecular weight excluding hydrogens is 388 g/mol. The molecule has 3 amide bonds. The Bertz CT molecular complexity index is 822. The van der Waals surface area contributed by atoms with Gasteiger partial charge in [-0.15, -0.1) is 0 Å². The highest BCUT2D eigenvalue weighted by atomic mass is 16.5. The molecule has 1 fully saturated rings. The molecule has 30 heavy (non-hydrogen) atoms. The molecule has 0 saturated carbocycles. The zero-order chi connectivity index (χ0) is 21.7. The number of amides is 3. The molecule has 8 nitrogen and oxygen atoms in total. The number of methoxy groups -OCH3 is 1. The van der Waals surface area contributed by atoms with Gasteiger partial charge < -0.3 is 14.8 Å². The second-order valence-electron chi connectivity index (χ2n) is 7.43. The summed E-state index contributed by atoms with van der Waals surface area (Å²) in [6.45, 7) is 1.75. The second-order valence-corrected chi connectivity index (χ2v) is 7.43. The first-order valence-corrected chi connectivity index (χ1v) is 10.0. The Balaban J connectivity index is 1.42. The Morgan fingerprint density at radius 3 is 2.27 bits per heavy atom. The van der Waals surface area contributed by atoms with Gasteiger partial charge in [0.05, 0.1) is 25.4 Å². The van der Waals surface area contributed by atoms with Crippen LogP contribution in [0.25, 0.3) is 0 Å². The van der Waals surface area contributed by atoms with Crippen molar-refractivity contribution in [2.75, 3.05) is 13.7 Å². The molecular formula is C22H26N2O6. The van der Waals surface area contributed by atoms with Crippen molar-refractivity contribution in [3.63, 3.8) is 0 Å². The van der Waals surface area contributed by atoms with Gasteiger partial charge in [0.2, 0.25) is 11.8 Å². The highest BCUT2D eigenvalue weighted by Crippen LogP contribution is 2.35. The molecule has 0 bridgehead atoms. The molecule has 0 unspecified atom stereocenters. The monoisotopic (exact) mass is 414 g/mol. The molecule has 1 aromatic rings. The number of esters is 1. The summed E-state index contributed by atoms with van der Waals surface area (Å²) in [4.78, 5) is 50.2. The first-order valence-electron chi connectivity index (χ1n) is 10.0. The average Bonchev–Trinajstić information content (AvgIpc) is 3.01. The summed E-state index contributed by atoms with van der Waals surface area (Å²) >= 11 is 0. The van der Waals surface area contributed by atoms with Gasteiger partial charge in [-0.25, -0.2) is 0 Å². The fourth-order valence-corrected chi connectivity index (χ4v) is 3.68. The SMILES string of the molecule is COc1ccc(CNC(=O)[C@H](C)OC(=O)CCN2C(=O)[C@H]3CC=CC[C@@H]3C2=O)cc1. The second kappa shape index (κ2) is 9.56. The molecule has 3 atom stereocenters. The molecule has 1 heterocycles. The number of hydrogen-bond donors (Lipinski definition) is 1. The van der Waals surface area contributed by atoms with E-state index in [4.69, 9.17) is 9.47 Å². The standard InChI is InChI=1S/C22H26N2O6/c1-14(20(26)23-13-15-7-9-16(29-2)10-8-15)30-19(25)11-12-24-21(27)17-5-3-4-6-18(17)22(24)28/h3-4,7-10,14,17-18H,5-6,11-13H2,1-2H3,(H,23,26)/t14-,17-,18-/m0/s1. The van der Waals surface area contributed by atoms with Gasteiger partial charge in [0.1, 0.15) is 5.75 Å². The van der Waals surface area contributed by atoms with Crippen molar-refractivity contribution in [3.8, 4) is 5.75 Å². The van der Waals surface area contributed by atoms with E-state index >= 15 is 0 Å². The van der Waals surface area contributed by atoms with E-state index < -0.39 is 18.0 Å². The molecule has 2 aliphatic rings. The lowest BCUT2D eigenvalue weighted by Crippen LogP contribution is -2.37. The number of nitrogens with zero attached hydrogens (tertiary/aromatic N) is 1. The molecule has 1 aliphatic heterocycles. The lowest BCUT2D eigenvalue weighted by molar-refractivity contribution is -0.155. The van der Waals surface area contributed by atoms with Crippen molar-refractivity contribution in [2.24, 2.45) is 11.8 Å². The van der Waals surface area contributed by atoms with Gasteiger partial charge in [-0.2, -0.15) is 0 Å². The normalized spacial score (nSPS) is 21.2. The number of carbonyl (C=O) groups excluding carboxylic acids is 4. The third-order valence-corrected chi connectivity index (χ3v) is 5.44. The lowest BCUT2D eigenvalue weighted by Gasteiger charge is -2.16. The highest BCUT2D eigenvalue weighted by Gasteiger charge is 2.47. The molecule has 8 heteroatoms. The number of hydrogen-bond acceptors (Lipinski definition) is 6. The van der Waals surface area contributed by atoms with E-state index in [1.165, 1.54) is 6.92 Å². The van der Waals surface area contributed by atoms with Gasteiger partial charge in [-0.3, -0.25) is 24.1 Å². The van der Waals surface area contributed by atoms with E-state index in [2.05, 4.69) is 5.32 Å². The number of likely N-dealkylation sites (tertiary alicyclic amines) is 1. The summed E-state index contributed by atoms with van der Waals surface area (Å²) in [6.07, 6.45) is 3.82. The summed E-state index contributed by atoms with van der Waals surface area (Å²) in [5.74, 6) is -1.43. The summed E-state index contributed by atoms with van der Waals surface area (Å²) in [5.41, 5.74) is 0.879. The van der Waals surface area contributed by atoms with E-state index in [0.29, 0.717) is 12.8 Å². The van der Waals surface area contributed by atoms with E-state index in [-0.39, 0.29) is 43.2 Å². The molecule has 1 aliphatic carbocycles. The Hall–Kier alpha value is -3.16. The molecule has 1 saturated heterocycles. The Morgan fingerprint density at radius 2 is 1.70 bits per heavy atom. The topological polar surface area (TPSA) is 102 Å². The van der Waals surface area contributed by atoms with Gasteiger partial charge in [0.25, 0.3) is 5.91 Å². The van der Waals surface area contributed by atoms with Gasteiger partial charge in [0, 0.05) is 13.1 Å². The van der Waals surface area contributed by atoms with Crippen LogP contribution in [0.2, 0.25) is 0 Å². The Labute approximate surface area is 175 Å². The van der Waals surface area contributed by atoms with Gasteiger partial charge in [0.15, 0.2) is 6.10 Å². The van der Waals surface area contributed by atoms with Crippen LogP contribution in [0.5, 0.6) is 5.75 Å². The predicted molar refractivity (Wildman–Crippen MR) is 107 cm³/mol. The van der Waals surface area contributed by atoms with Crippen LogP contribution >= 0.6 is 0 Å². The van der Waals surface area contributed by atoms with Gasteiger partial charge in [-0.05, 0) is 37.5 Å². The van der Waals surface area contributed by atoms with Crippen molar-refractivity contribution < 1.29 is 28.7 Å². The summed E-state index contributed by atoms with van der Waals surface area (Å²) in [5, 5.41) is 2.70. The van der Waals surface area contributed by atoms with Crippen LogP contribution in [0.1, 0.15) is 31.7 Å². The zero-order valence-electron chi connectivity index (χ0n) is 17.1. The smallest absolute Gasteiger partial charge is 0.308 e. The number of nitrogens with one attached hydrogen (secondary N) is 1. The van der Waals surface area contributed by atoms with Crippen LogP contribution in [0, 0.1) is 11.8 Å². The van der Waals surface area contributed by atoms with Crippen LogP contribution < -0.4 is 10.1 Å². The maximum atomic E-state index is 12.4. The third kappa shape index (κ3) is 4.87. The van der Waals surface area contributed by atoms with Gasteiger partial charge >= 0.3 is 5.97 Å². The van der Waals surface area contributed by atoms with Crippen molar-refractivity contribution in [3.05, 3.63) is 42.0 Å². The maximum Gasteiger partial charge on any atom is 0.308 e. The average molecular weight is 414 g/mol. The van der Waals surface area contributed by atoms with Crippen LogP contribution in [0.4, 0.5) is 0 Å². The predicted octanol–water partition coefficient (Wildman–Crippen LogP) is 1.58. The number of carbonyl (C=O) groups is 4. The minimum atomic E-state index is -0.979. The van der Waals surface area contributed by atoms with Crippen molar-refractivity contribution >= 4 is 23.7 Å². The van der Waals surface area contributed by atoms with Crippen LogP contribution in [-0.4, -0.2) is 48.3 Å². The van der Waals surface area contributed by atoms with Crippen molar-refractivity contribution in [1.29, 1.82) is 0 Å². The third-order valence-electron chi connectivity index (χ3n) is 5.44. The molecule has 160 valence electrons. The first kappa shape index (κ1) is 21.5. The number of rotatable bonds is 8. The molecule has 1 aromatic carbocycles. The minimum absolute atomic E-state index is 0.0241. The zero-order valence-corrected chi connectivity index (χ0v) is 17.1. The number of imide groups is 1. The van der Waals surface area contributed by atoms with Gasteiger partial charge in [-0.1, -0.05) is 24.3 Å². The van der Waals surface area contributed by atoms with Crippen molar-refractivity contribution in [1.82, 2.24) is 10.2 Å². The minimum Gasteiger partial charge on any atom is -0.497 e. The molecule has 0 radical (unpaired) electrons. The first-order chi connectivity index (χ1) is 14.4. The molecule has 3 rings (SSSR count). The molecule has 1 N–H and O–H groups in total. The quantitative estimate of drug-likeness (QED) is 0.394. The van der Waals surface area contributed by atoms with E-state index in [9.17, 15) is 19.2 Å². The van der Waals surface area contributed by atoms with Crippen LogP contribution in [0.15, 0.2) is 36.4 Å². The molecule has 0 spiro atoms. The summed E-state index contributed by atoms with van der Waals surface area (Å²) in [6, 6.07) is 7.23. The number of benzene rings is 1. The Kier molecular flexibility index (Phi) is 6.87. The van der Waals surface area contributed by atoms with E-state index in [1.54, 1.807) is 19.2 Å². The summed E-state index contributed by atoms with van der Waals surface area (Å²) in [7, 11) is 1.58. The van der Waals surface area contributed by atoms with Crippen molar-refractivity contribution in [2.45, 2.75) is 38.8 Å². The fraction of sp³-hybridized carbons (Fsp3) is 0.455. The number of fused-ring (bicyclic) bond motifs is 1. The summed E-state index contributed by atoms with van der Waals surface area (Å²) < 4.78 is 10.2. The number of allylic oxidation sites excluding steroid dienone is 2. The Morgan fingerprint density at radius 1 is 1.10 bits per heavy atom. The number of ether oxygens (including phenoxy) is 2. The largest absolute Gasteiger partial charge is 0.497 e.